The minimum atomic E-state index is 1.20. The Hall–Kier alpha value is -1.34. The molecule has 1 aromatic rings. The molecule has 0 aromatic carbocycles. The third-order valence-electron chi connectivity index (χ3n) is 2.08. The van der Waals surface area contributed by atoms with E-state index in [9.17, 15) is 0 Å². The normalized spacial score (nSPS) is 11.3. The first-order valence-electron chi connectivity index (χ1n) is 4.95. The van der Waals surface area contributed by atoms with Crippen molar-refractivity contribution in [1.29, 1.82) is 0 Å². The van der Waals surface area contributed by atoms with E-state index in [2.05, 4.69) is 37.5 Å². The van der Waals surface area contributed by atoms with Crippen LogP contribution in [0.5, 0.6) is 0 Å². The number of hydrogen-bond donors (Lipinski definition) is 0. The minimum Gasteiger partial charge on any atom is -0.135 e. The molecular weight excluding hydrogens is 200 g/mol. The number of allylic oxidation sites excluding steroid dienone is 2. The van der Waals surface area contributed by atoms with Crippen molar-refractivity contribution in [3.63, 3.8) is 0 Å². The Morgan fingerprint density at radius 1 is 0.867 bits per heavy atom. The van der Waals surface area contributed by atoms with Crippen LogP contribution in [-0.4, -0.2) is 0 Å². The molecule has 0 bridgehead atoms. The number of rotatable bonds is 4. The van der Waals surface area contributed by atoms with Crippen molar-refractivity contribution in [1.82, 2.24) is 0 Å². The van der Waals surface area contributed by atoms with Crippen LogP contribution in [0.15, 0.2) is 25.3 Å². The highest BCUT2D eigenvalue weighted by Crippen LogP contribution is 2.32. The van der Waals surface area contributed by atoms with Crippen molar-refractivity contribution in [3.8, 4) is 0 Å². The molecule has 0 spiro atoms. The highest BCUT2D eigenvalue weighted by atomic mass is 32.1. The van der Waals surface area contributed by atoms with E-state index in [-0.39, 0.29) is 0 Å². The highest BCUT2D eigenvalue weighted by molar-refractivity contribution is 7.14. The standard InChI is InChI=1S/C14H16S/c1-5-9-11-12(10-6-2)14(8-4)15-13(11)7-3/h5-10H,3-4H2,1-2H3/b9-5-,10-6-. The first-order valence-corrected chi connectivity index (χ1v) is 5.77. The van der Waals surface area contributed by atoms with Gasteiger partial charge in [-0.3, -0.25) is 0 Å². The van der Waals surface area contributed by atoms with Crippen molar-refractivity contribution in [3.05, 3.63) is 46.2 Å². The Morgan fingerprint density at radius 3 is 1.53 bits per heavy atom. The van der Waals surface area contributed by atoms with Gasteiger partial charge in [0.25, 0.3) is 0 Å². The molecule has 0 aliphatic carbocycles. The second-order valence-corrected chi connectivity index (χ2v) is 4.15. The summed E-state index contributed by atoms with van der Waals surface area (Å²) >= 11 is 1.73. The Balaban J connectivity index is 3.46. The van der Waals surface area contributed by atoms with Crippen LogP contribution in [-0.2, 0) is 0 Å². The van der Waals surface area contributed by atoms with Gasteiger partial charge in [-0.2, -0.15) is 0 Å². The van der Waals surface area contributed by atoms with Crippen LogP contribution in [0, 0.1) is 0 Å². The molecule has 0 aliphatic heterocycles. The van der Waals surface area contributed by atoms with Crippen molar-refractivity contribution < 1.29 is 0 Å². The largest absolute Gasteiger partial charge is 0.135 e. The molecule has 0 N–H and O–H groups in total. The quantitative estimate of drug-likeness (QED) is 0.656. The molecule has 0 atom stereocenters. The summed E-state index contributed by atoms with van der Waals surface area (Å²) < 4.78 is 0. The van der Waals surface area contributed by atoms with E-state index in [1.807, 2.05) is 26.0 Å². The van der Waals surface area contributed by atoms with E-state index in [0.717, 1.165) is 0 Å². The molecule has 78 valence electrons. The van der Waals surface area contributed by atoms with Gasteiger partial charge >= 0.3 is 0 Å². The molecule has 0 unspecified atom stereocenters. The lowest BCUT2D eigenvalue weighted by Crippen LogP contribution is -1.77. The molecule has 1 heteroatoms. The summed E-state index contributed by atoms with van der Waals surface area (Å²) in [7, 11) is 0. The lowest BCUT2D eigenvalue weighted by molar-refractivity contribution is 1.68. The fourth-order valence-electron chi connectivity index (χ4n) is 1.47. The summed E-state index contributed by atoms with van der Waals surface area (Å²) in [6, 6.07) is 0. The maximum atomic E-state index is 3.84. The first-order chi connectivity index (χ1) is 7.28. The van der Waals surface area contributed by atoms with E-state index in [1.165, 1.54) is 20.9 Å². The second-order valence-electron chi connectivity index (χ2n) is 3.07. The lowest BCUT2D eigenvalue weighted by Gasteiger charge is -1.95. The number of thiophene rings is 1. The molecule has 0 amide bonds. The monoisotopic (exact) mass is 216 g/mol. The van der Waals surface area contributed by atoms with Crippen molar-refractivity contribution in [2.24, 2.45) is 0 Å². The smallest absolute Gasteiger partial charge is 0.0349 e. The van der Waals surface area contributed by atoms with Gasteiger partial charge in [0.05, 0.1) is 0 Å². The zero-order valence-corrected chi connectivity index (χ0v) is 10.1. The van der Waals surface area contributed by atoms with Gasteiger partial charge in [0.15, 0.2) is 0 Å². The van der Waals surface area contributed by atoms with Crippen LogP contribution >= 0.6 is 11.3 Å². The molecule has 0 radical (unpaired) electrons. The molecule has 0 nitrogen and oxygen atoms in total. The maximum absolute atomic E-state index is 3.84. The summed E-state index contributed by atoms with van der Waals surface area (Å²) in [5.41, 5.74) is 2.48. The molecule has 1 aromatic heterocycles. The molecule has 0 saturated carbocycles. The van der Waals surface area contributed by atoms with Gasteiger partial charge in [0.2, 0.25) is 0 Å². The van der Waals surface area contributed by atoms with Crippen LogP contribution in [0.3, 0.4) is 0 Å². The first kappa shape index (κ1) is 11.7. The van der Waals surface area contributed by atoms with Crippen LogP contribution in [0.4, 0.5) is 0 Å². The third kappa shape index (κ3) is 2.37. The van der Waals surface area contributed by atoms with Crippen molar-refractivity contribution in [2.75, 3.05) is 0 Å². The minimum absolute atomic E-state index is 1.20. The maximum Gasteiger partial charge on any atom is 0.0349 e. The van der Waals surface area contributed by atoms with E-state index >= 15 is 0 Å². The van der Waals surface area contributed by atoms with Gasteiger partial charge in [-0.15, -0.1) is 11.3 Å². The zero-order chi connectivity index (χ0) is 11.3. The summed E-state index contributed by atoms with van der Waals surface area (Å²) in [5.74, 6) is 0. The van der Waals surface area contributed by atoms with E-state index < -0.39 is 0 Å². The van der Waals surface area contributed by atoms with Crippen LogP contribution in [0.25, 0.3) is 24.3 Å². The molecule has 0 saturated heterocycles. The van der Waals surface area contributed by atoms with Crippen LogP contribution in [0.2, 0.25) is 0 Å². The molecule has 1 rings (SSSR count). The Bertz CT molecular complexity index is 378. The SMILES string of the molecule is C=Cc1sc(C=C)c(/C=C\C)c1/C=C\C. The second kappa shape index (κ2) is 5.52. The Labute approximate surface area is 96.0 Å². The van der Waals surface area contributed by atoms with Gasteiger partial charge in [-0.05, 0) is 25.0 Å². The van der Waals surface area contributed by atoms with Gasteiger partial charge in [-0.1, -0.05) is 49.6 Å². The average Bonchev–Trinajstić information content (AvgIpc) is 2.58. The Morgan fingerprint density at radius 2 is 1.27 bits per heavy atom. The summed E-state index contributed by atoms with van der Waals surface area (Å²) in [6.07, 6.45) is 12.1. The average molecular weight is 216 g/mol. The fraction of sp³-hybridized carbons (Fsp3) is 0.143. The van der Waals surface area contributed by atoms with E-state index in [0.29, 0.717) is 0 Å². The number of hydrogen-bond acceptors (Lipinski definition) is 1. The van der Waals surface area contributed by atoms with Gasteiger partial charge in [-0.25, -0.2) is 0 Å². The van der Waals surface area contributed by atoms with Crippen LogP contribution in [0.1, 0.15) is 34.7 Å². The summed E-state index contributed by atoms with van der Waals surface area (Å²) in [6.45, 7) is 11.7. The van der Waals surface area contributed by atoms with Gasteiger partial charge in [0.1, 0.15) is 0 Å². The lowest BCUT2D eigenvalue weighted by atomic mass is 10.1. The molecule has 0 fully saturated rings. The predicted octanol–water partition coefficient (Wildman–Crippen LogP) is 5.10. The van der Waals surface area contributed by atoms with Crippen molar-refractivity contribution >= 4 is 35.6 Å². The molecule has 0 aliphatic rings. The van der Waals surface area contributed by atoms with Gasteiger partial charge in [0, 0.05) is 9.75 Å². The van der Waals surface area contributed by atoms with Crippen LogP contribution < -0.4 is 0 Å². The van der Waals surface area contributed by atoms with Crippen molar-refractivity contribution in [2.45, 2.75) is 13.8 Å². The zero-order valence-electron chi connectivity index (χ0n) is 9.29. The van der Waals surface area contributed by atoms with E-state index in [1.54, 1.807) is 11.3 Å². The summed E-state index contributed by atoms with van der Waals surface area (Å²) in [5, 5.41) is 0. The Kier molecular flexibility index (Phi) is 4.32. The third-order valence-corrected chi connectivity index (χ3v) is 3.29. The van der Waals surface area contributed by atoms with Gasteiger partial charge < -0.3 is 0 Å². The predicted molar refractivity (Wildman–Crippen MR) is 73.9 cm³/mol. The summed E-state index contributed by atoms with van der Waals surface area (Å²) in [4.78, 5) is 2.41. The molecule has 1 heterocycles. The van der Waals surface area contributed by atoms with E-state index in [4.69, 9.17) is 0 Å². The molecular formula is C14H16S. The topological polar surface area (TPSA) is 0 Å². The fourth-order valence-corrected chi connectivity index (χ4v) is 2.45. The highest BCUT2D eigenvalue weighted by Gasteiger charge is 2.09. The molecule has 15 heavy (non-hydrogen) atoms.